The van der Waals surface area contributed by atoms with Crippen molar-refractivity contribution in [3.05, 3.63) is 187 Å². The number of Topliss-reactive ketones (excluding diaryl/α,β-unsaturated/α-hetero) is 1. The molecule has 4 heterocycles. The highest BCUT2D eigenvalue weighted by Gasteiger charge is 2.53. The van der Waals surface area contributed by atoms with Crippen LogP contribution in [0.1, 0.15) is 223 Å². The molecule has 0 saturated heterocycles. The number of fused-ring (bicyclic) bond motifs is 16. The van der Waals surface area contributed by atoms with E-state index in [4.69, 9.17) is 0 Å². The maximum absolute atomic E-state index is 15.0. The zero-order chi connectivity index (χ0) is 56.4. The number of rotatable bonds is 1. The molecular weight excluding hydrogens is 995 g/mol. The number of carbonyl (C=O) groups is 1. The Labute approximate surface area is 480 Å². The predicted octanol–water partition coefficient (Wildman–Crippen LogP) is 19.8. The highest BCUT2D eigenvalue weighted by atomic mass is 16.1. The van der Waals surface area contributed by atoms with Crippen LogP contribution in [0, 0.1) is 16.7 Å². The molecule has 0 aliphatic heterocycles. The number of nitrogens with zero attached hydrogens (tertiary/aromatic N) is 3. The molecule has 4 nitrogen and oxygen atoms in total. The van der Waals surface area contributed by atoms with E-state index >= 15 is 4.79 Å². The van der Waals surface area contributed by atoms with Crippen LogP contribution in [-0.4, -0.2) is 14.6 Å². The van der Waals surface area contributed by atoms with Gasteiger partial charge in [0.25, 0.3) is 0 Å². The first-order valence-electron chi connectivity index (χ1n) is 30.8. The van der Waals surface area contributed by atoms with Gasteiger partial charge in [-0.15, -0.1) is 0 Å². The number of aromatic nitrogens is 2. The summed E-state index contributed by atoms with van der Waals surface area (Å²) in [7, 11) is 0. The lowest BCUT2D eigenvalue weighted by atomic mass is 9.59. The topological polar surface area (TPSA) is 49.7 Å². The normalized spacial score (nSPS) is 24.1. The Bertz CT molecular complexity index is 4990. The second kappa shape index (κ2) is 14.3. The van der Waals surface area contributed by atoms with Crippen LogP contribution in [0.4, 0.5) is 0 Å². The summed E-state index contributed by atoms with van der Waals surface area (Å²) in [4.78, 5) is 15.0. The Morgan fingerprint density at radius 2 is 0.951 bits per heavy atom. The first kappa shape index (κ1) is 48.1. The second-order valence-corrected chi connectivity index (χ2v) is 31.4. The first-order chi connectivity index (χ1) is 38.8. The molecule has 0 unspecified atom stereocenters. The quantitative estimate of drug-likeness (QED) is 0.164. The van der Waals surface area contributed by atoms with Gasteiger partial charge >= 0.3 is 0 Å². The standard InChI is InChI=1S/C78H71N3O/c1-72(2,3)41-29-50-46-31-54-52(71(82)78(13)24-22-77(54,12)23-25-78)34-59(46)80-57-32-47-49-26-39(62-67-55(73(4,5)37-75(67,8)9)35-56-68(62)76(10,11)38-74(56,6)7)27-53-65-60(81(70(49)53)58(47)33-48(57)51(30-41)69(50)80)28-40(36-79)61-63-42-18-14-16-20-44(42)64(66(61)65)45-21-17-15-19-43(45)63/h14-21,26-35,63-64H,22-25,37-38H2,1-13H3. The van der Waals surface area contributed by atoms with Gasteiger partial charge in [0.05, 0.1) is 44.7 Å². The third-order valence-corrected chi connectivity index (χ3v) is 23.3. The summed E-state index contributed by atoms with van der Waals surface area (Å²) < 4.78 is 5.15. The molecule has 404 valence electrons. The molecule has 0 N–H and O–H groups in total. The van der Waals surface area contributed by atoms with Crippen LogP contribution in [0.15, 0.2) is 109 Å². The van der Waals surface area contributed by atoms with E-state index in [1.807, 2.05) is 0 Å². The van der Waals surface area contributed by atoms with E-state index in [0.29, 0.717) is 5.78 Å². The predicted molar refractivity (Wildman–Crippen MR) is 339 cm³/mol. The highest BCUT2D eigenvalue weighted by molar-refractivity contribution is 6.30. The first-order valence-corrected chi connectivity index (χ1v) is 30.8. The SMILES string of the molecule is CC12CCC(C)(CC1)c1cc3c4cc(C(C)(C)C)cc5c6cc7c(cc6n(c3cc1C2=O)c45)c1cc(-c2c3c(cc4c2C(C)(C)CC4(C)C)C(C)(C)CC3(C)C)cc2c3c4c(c(C#N)cc3n7c12)C1c2ccccc2C4c2ccccc21. The number of nitriles is 1. The summed E-state index contributed by atoms with van der Waals surface area (Å²) in [5.74, 6) is 0.270. The lowest BCUT2D eigenvalue weighted by molar-refractivity contribution is 0.0732. The molecule has 0 spiro atoms. The van der Waals surface area contributed by atoms with Gasteiger partial charge < -0.3 is 8.80 Å². The zero-order valence-electron chi connectivity index (χ0n) is 50.0. The highest BCUT2D eigenvalue weighted by Crippen LogP contribution is 2.64. The Hall–Kier alpha value is -7.48. The van der Waals surface area contributed by atoms with Crippen LogP contribution in [0.2, 0.25) is 0 Å². The fourth-order valence-electron chi connectivity index (χ4n) is 20.0. The van der Waals surface area contributed by atoms with E-state index in [0.717, 1.165) is 60.7 Å². The number of hydrogen-bond acceptors (Lipinski definition) is 2. The fourth-order valence-corrected chi connectivity index (χ4v) is 20.0. The minimum atomic E-state index is -0.336. The van der Waals surface area contributed by atoms with Crippen molar-refractivity contribution in [2.45, 2.75) is 173 Å². The molecule has 82 heavy (non-hydrogen) atoms. The van der Waals surface area contributed by atoms with E-state index in [9.17, 15) is 5.26 Å². The van der Waals surface area contributed by atoms with E-state index in [2.05, 4.69) is 214 Å². The molecule has 0 atom stereocenters. The summed E-state index contributed by atoms with van der Waals surface area (Å²) in [5.41, 5.74) is 27.5. The maximum Gasteiger partial charge on any atom is 0.169 e. The minimum Gasteiger partial charge on any atom is -0.308 e. The largest absolute Gasteiger partial charge is 0.308 e. The summed E-state index contributed by atoms with van der Waals surface area (Å²) in [6, 6.07) is 46.1. The molecule has 0 radical (unpaired) electrons. The van der Waals surface area contributed by atoms with Gasteiger partial charge in [0.1, 0.15) is 0 Å². The molecule has 0 amide bonds. The third-order valence-electron chi connectivity index (χ3n) is 23.3. The van der Waals surface area contributed by atoms with Crippen LogP contribution >= 0.6 is 0 Å². The summed E-state index contributed by atoms with van der Waals surface area (Å²) in [5, 5.41) is 21.7. The Kier molecular flexibility index (Phi) is 8.38. The average molecular weight is 1070 g/mol. The van der Waals surface area contributed by atoms with Crippen LogP contribution < -0.4 is 0 Å². The van der Waals surface area contributed by atoms with E-state index < -0.39 is 0 Å². The molecule has 4 aromatic heterocycles. The van der Waals surface area contributed by atoms with Crippen molar-refractivity contribution in [1.29, 1.82) is 5.26 Å². The molecule has 12 aromatic rings. The molecule has 4 heteroatoms. The van der Waals surface area contributed by atoms with Crippen molar-refractivity contribution < 1.29 is 4.79 Å². The zero-order valence-corrected chi connectivity index (χ0v) is 50.0. The summed E-state index contributed by atoms with van der Waals surface area (Å²) in [6.07, 6.45) is 6.15. The molecule has 1 fully saturated rings. The molecule has 8 aliphatic carbocycles. The molecule has 4 bridgehead atoms. The van der Waals surface area contributed by atoms with Crippen molar-refractivity contribution in [2.24, 2.45) is 5.41 Å². The van der Waals surface area contributed by atoms with Crippen LogP contribution in [0.25, 0.3) is 87.3 Å². The summed E-state index contributed by atoms with van der Waals surface area (Å²) >= 11 is 0. The fraction of sp³-hybridized carbons (Fsp3) is 0.359. The van der Waals surface area contributed by atoms with Crippen molar-refractivity contribution in [1.82, 2.24) is 8.80 Å². The number of ketones is 1. The Balaban J connectivity index is 1.05. The molecule has 20 rings (SSSR count). The van der Waals surface area contributed by atoms with E-state index in [-0.39, 0.29) is 49.7 Å². The van der Waals surface area contributed by atoms with Crippen molar-refractivity contribution in [3.8, 4) is 17.2 Å². The van der Waals surface area contributed by atoms with E-state index in [1.165, 1.54) is 143 Å². The maximum atomic E-state index is 15.0. The van der Waals surface area contributed by atoms with Gasteiger partial charge in [0.15, 0.2) is 5.78 Å². The van der Waals surface area contributed by atoms with Gasteiger partial charge in [0, 0.05) is 65.9 Å². The number of carbonyl (C=O) groups excluding carboxylic acids is 1. The molecule has 1 saturated carbocycles. The smallest absolute Gasteiger partial charge is 0.169 e. The van der Waals surface area contributed by atoms with Gasteiger partial charge in [0.2, 0.25) is 0 Å². The summed E-state index contributed by atoms with van der Waals surface area (Å²) in [6.45, 7) is 31.7. The van der Waals surface area contributed by atoms with Crippen molar-refractivity contribution in [2.75, 3.05) is 0 Å². The lowest BCUT2D eigenvalue weighted by Gasteiger charge is -2.43. The molecule has 8 aromatic carbocycles. The van der Waals surface area contributed by atoms with Crippen LogP contribution in [-0.2, 0) is 32.5 Å². The number of benzene rings is 8. The van der Waals surface area contributed by atoms with Crippen molar-refractivity contribution in [3.63, 3.8) is 0 Å². The van der Waals surface area contributed by atoms with Crippen LogP contribution in [0.3, 0.4) is 0 Å². The van der Waals surface area contributed by atoms with Gasteiger partial charge in [-0.3, -0.25) is 4.79 Å². The Morgan fingerprint density at radius 3 is 1.49 bits per heavy atom. The van der Waals surface area contributed by atoms with Crippen LogP contribution in [0.5, 0.6) is 0 Å². The average Bonchev–Trinajstić information content (AvgIpc) is 2.10. The Morgan fingerprint density at radius 1 is 0.488 bits per heavy atom. The van der Waals surface area contributed by atoms with Gasteiger partial charge in [-0.05, 0) is 204 Å². The third kappa shape index (κ3) is 5.47. The van der Waals surface area contributed by atoms with E-state index in [1.54, 1.807) is 0 Å². The molecule has 8 aliphatic rings. The van der Waals surface area contributed by atoms with Crippen molar-refractivity contribution >= 4 is 82.0 Å². The number of hydrogen-bond donors (Lipinski definition) is 0. The molecular formula is C78H71N3O. The van der Waals surface area contributed by atoms with Gasteiger partial charge in [-0.2, -0.15) is 5.26 Å². The minimum absolute atomic E-state index is 0.00694. The monoisotopic (exact) mass is 1070 g/mol. The lowest BCUT2D eigenvalue weighted by Crippen LogP contribution is -2.33. The second-order valence-electron chi connectivity index (χ2n) is 31.4. The van der Waals surface area contributed by atoms with Gasteiger partial charge in [-0.1, -0.05) is 145 Å². The van der Waals surface area contributed by atoms with Gasteiger partial charge in [-0.25, -0.2) is 0 Å².